The Morgan fingerprint density at radius 1 is 0.868 bits per heavy atom. The van der Waals surface area contributed by atoms with Gasteiger partial charge in [0.1, 0.15) is 25.4 Å². The smallest absolute Gasteiger partial charge is 0.545 e. The third-order valence-corrected chi connectivity index (χ3v) is 9.91. The first-order valence-corrected chi connectivity index (χ1v) is 17.3. The predicted molar refractivity (Wildman–Crippen MR) is 210 cm³/mol. The lowest BCUT2D eigenvalue weighted by molar-refractivity contribution is -0.254. The van der Waals surface area contributed by atoms with Crippen molar-refractivity contribution in [1.29, 1.82) is 0 Å². The largest absolute Gasteiger partial charge is 0.677 e. The average Bonchev–Trinajstić information content (AvgIpc) is 3.61. The van der Waals surface area contributed by atoms with Crippen LogP contribution in [0.2, 0.25) is 0 Å². The number of rotatable bonds is 7. The molecule has 7 rings (SSSR count). The van der Waals surface area contributed by atoms with E-state index in [2.05, 4.69) is 0 Å². The summed E-state index contributed by atoms with van der Waals surface area (Å²) in [5.74, 6) is -0.684. The number of carbonyl (C=O) groups is 1. The number of anilines is 1. The van der Waals surface area contributed by atoms with Crippen molar-refractivity contribution in [3.63, 3.8) is 0 Å². The molecule has 0 saturated heterocycles. The van der Waals surface area contributed by atoms with Crippen molar-refractivity contribution in [2.24, 2.45) is 4.99 Å². The number of fused-ring (bicyclic) bond motifs is 2. The fraction of sp³-hybridized carbons (Fsp3) is 0.186. The molecule has 0 atom stereocenters. The van der Waals surface area contributed by atoms with Crippen molar-refractivity contribution in [1.82, 2.24) is 9.05 Å². The van der Waals surface area contributed by atoms with E-state index in [9.17, 15) is 18.5 Å². The molecule has 4 aromatic rings. The lowest BCUT2D eigenvalue weighted by Crippen LogP contribution is -2.23. The van der Waals surface area contributed by atoms with Crippen LogP contribution in [0.15, 0.2) is 112 Å². The predicted octanol–water partition coefficient (Wildman–Crippen LogP) is 7.70. The quantitative estimate of drug-likeness (QED) is 0.0968. The van der Waals surface area contributed by atoms with Gasteiger partial charge in [0.05, 0.1) is 17.7 Å². The third-order valence-electron chi connectivity index (χ3n) is 9.91. The molecular formula is C43H39BF2N4O3. The van der Waals surface area contributed by atoms with E-state index in [-0.39, 0.29) is 5.56 Å². The van der Waals surface area contributed by atoms with E-state index >= 15 is 0 Å². The minimum Gasteiger partial charge on any atom is -0.545 e. The molecule has 0 unspecified atom stereocenters. The lowest BCUT2D eigenvalue weighted by atomic mass is 9.88. The van der Waals surface area contributed by atoms with Gasteiger partial charge in [-0.25, -0.2) is 4.58 Å². The maximum atomic E-state index is 14.5. The van der Waals surface area contributed by atoms with Crippen LogP contribution in [0.5, 0.6) is 0 Å². The van der Waals surface area contributed by atoms with Crippen molar-refractivity contribution in [3.05, 3.63) is 136 Å². The van der Waals surface area contributed by atoms with Crippen LogP contribution in [0.25, 0.3) is 50.1 Å². The molecule has 0 spiro atoms. The van der Waals surface area contributed by atoms with Crippen LogP contribution in [0.3, 0.4) is 0 Å². The van der Waals surface area contributed by atoms with Gasteiger partial charge in [-0.3, -0.25) is 13.6 Å². The summed E-state index contributed by atoms with van der Waals surface area (Å²) in [6.45, 7) is 7.33. The second-order valence-electron chi connectivity index (χ2n) is 14.0. The molecule has 0 amide bonds. The fourth-order valence-corrected chi connectivity index (χ4v) is 7.36. The van der Waals surface area contributed by atoms with Gasteiger partial charge >= 0.3 is 7.40 Å². The van der Waals surface area contributed by atoms with Gasteiger partial charge in [-0.05, 0) is 97.5 Å². The highest BCUT2D eigenvalue weighted by Gasteiger charge is 2.29. The number of hydrogen-bond donors (Lipinski definition) is 0. The number of aliphatic imine (C=N–C) groups is 1. The number of halogens is 2. The van der Waals surface area contributed by atoms with Gasteiger partial charge < -0.3 is 23.7 Å². The molecule has 10 heteroatoms. The monoisotopic (exact) mass is 708 g/mol. The third kappa shape index (κ3) is 6.28. The minimum atomic E-state index is -2.73. The van der Waals surface area contributed by atoms with E-state index in [0.717, 1.165) is 60.0 Å². The maximum Gasteiger partial charge on any atom is 0.677 e. The number of carboxylic acids is 1. The average molecular weight is 709 g/mol. The fourth-order valence-electron chi connectivity index (χ4n) is 7.36. The highest BCUT2D eigenvalue weighted by Crippen LogP contribution is 2.43. The maximum absolute atomic E-state index is 14.5. The van der Waals surface area contributed by atoms with Crippen LogP contribution in [0, 0.1) is 13.8 Å². The summed E-state index contributed by atoms with van der Waals surface area (Å²) >= 11 is 0. The lowest BCUT2D eigenvalue weighted by Gasteiger charge is -2.20. The Bertz CT molecular complexity index is 2610. The molecular weight excluding hydrogens is 669 g/mol. The number of aryl methyl sites for hydroxylation is 2. The molecule has 266 valence electrons. The summed E-state index contributed by atoms with van der Waals surface area (Å²) in [5.41, 5.74) is 10.3. The van der Waals surface area contributed by atoms with E-state index in [1.807, 2.05) is 137 Å². The number of hydrogen-bond acceptors (Lipinski definition) is 5. The van der Waals surface area contributed by atoms with Gasteiger partial charge in [-0.15, -0.1) is 0 Å². The Morgan fingerprint density at radius 3 is 2.19 bits per heavy atom. The SMILES string of the molecule is CC1=CC(C)=N/C1=C(/c1ccc(-c2ccc(-c3c4ccc(=[N+](C)C)cc-4oc4cc(N(C)C)ccc34)c(C(=O)[O-])c2)cc1)c1c(C)cc(C)n1B(F)F. The van der Waals surface area contributed by atoms with Crippen LogP contribution < -0.4 is 19.9 Å². The zero-order valence-electron chi connectivity index (χ0n) is 31.0. The van der Waals surface area contributed by atoms with Crippen molar-refractivity contribution < 1.29 is 22.9 Å². The second kappa shape index (κ2) is 13.5. The Hall–Kier alpha value is -6.03. The Labute approximate surface area is 307 Å². The number of aromatic carboxylic acids is 1. The zero-order valence-corrected chi connectivity index (χ0v) is 31.0. The summed E-state index contributed by atoms with van der Waals surface area (Å²) in [5, 5.41) is 14.6. The van der Waals surface area contributed by atoms with Crippen molar-refractivity contribution in [3.8, 4) is 33.6 Å². The number of nitrogens with zero attached hydrogens (tertiary/aromatic N) is 4. The van der Waals surface area contributed by atoms with Crippen LogP contribution in [-0.4, -0.2) is 51.8 Å². The first-order valence-electron chi connectivity index (χ1n) is 17.3. The zero-order chi connectivity index (χ0) is 37.9. The van der Waals surface area contributed by atoms with Gasteiger partial charge in [-0.2, -0.15) is 0 Å². The van der Waals surface area contributed by atoms with Crippen LogP contribution >= 0.6 is 0 Å². The number of carbonyl (C=O) groups excluding carboxylic acids is 1. The normalized spacial score (nSPS) is 13.7. The van der Waals surface area contributed by atoms with E-state index in [4.69, 9.17) is 9.41 Å². The Balaban J connectivity index is 1.39. The van der Waals surface area contributed by atoms with Crippen molar-refractivity contribution in [2.75, 3.05) is 33.1 Å². The topological polar surface area (TPSA) is 76.8 Å². The van der Waals surface area contributed by atoms with E-state index in [1.54, 1.807) is 19.1 Å². The van der Waals surface area contributed by atoms with Gasteiger partial charge in [-0.1, -0.05) is 36.4 Å². The van der Waals surface area contributed by atoms with Crippen molar-refractivity contribution in [2.45, 2.75) is 27.7 Å². The molecule has 2 aliphatic heterocycles. The number of allylic oxidation sites excluding steroid dienone is 2. The van der Waals surface area contributed by atoms with Gasteiger partial charge in [0.15, 0.2) is 0 Å². The number of carboxylic acid groups (broad SMARTS) is 1. The second-order valence-corrected chi connectivity index (χ2v) is 14.0. The van der Waals surface area contributed by atoms with E-state index in [0.29, 0.717) is 45.1 Å². The molecule has 7 nitrogen and oxygen atoms in total. The molecule has 0 N–H and O–H groups in total. The molecule has 3 aromatic carbocycles. The Morgan fingerprint density at radius 2 is 1.57 bits per heavy atom. The molecule has 3 aliphatic rings. The highest BCUT2D eigenvalue weighted by molar-refractivity contribution is 6.41. The molecule has 0 saturated carbocycles. The summed E-state index contributed by atoms with van der Waals surface area (Å²) in [6.07, 6.45) is 1.94. The summed E-state index contributed by atoms with van der Waals surface area (Å²) in [4.78, 5) is 19.7. The molecule has 0 radical (unpaired) electrons. The number of benzene rings is 4. The van der Waals surface area contributed by atoms with Gasteiger partial charge in [0.25, 0.3) is 0 Å². The van der Waals surface area contributed by atoms with Crippen LogP contribution in [0.4, 0.5) is 14.3 Å². The van der Waals surface area contributed by atoms with Crippen molar-refractivity contribution >= 4 is 41.3 Å². The van der Waals surface area contributed by atoms with E-state index < -0.39 is 13.4 Å². The Kier molecular flexibility index (Phi) is 9.02. The molecule has 53 heavy (non-hydrogen) atoms. The molecule has 0 fully saturated rings. The summed E-state index contributed by atoms with van der Waals surface area (Å²) in [7, 11) is 5.08. The standard InChI is InChI=1S/C43H39BF2N4O3/c1-24-19-26(3)47-41(24)39(42-25(2)20-27(4)50(42)44(45)46)29-11-9-28(10-12-29)30-13-16-33(36(21-30)43(51)52)40-34-17-14-31(48(5)6)22-37(34)53-38-23-32(49(7)8)15-18-35(38)40/h9-23H,1-8H3. The van der Waals surface area contributed by atoms with Crippen LogP contribution in [0.1, 0.15) is 46.7 Å². The number of aromatic nitrogens is 1. The van der Waals surface area contributed by atoms with Gasteiger partial charge in [0.2, 0.25) is 5.36 Å². The minimum absolute atomic E-state index is 0.0361. The van der Waals surface area contributed by atoms with E-state index in [1.165, 1.54) is 0 Å². The molecule has 1 aromatic heterocycles. The van der Waals surface area contributed by atoms with Gasteiger partial charge in [0, 0.05) is 76.7 Å². The first-order chi connectivity index (χ1) is 25.2. The first kappa shape index (κ1) is 35.4. The molecule has 1 aliphatic carbocycles. The summed E-state index contributed by atoms with van der Waals surface area (Å²) in [6, 6.07) is 26.4. The highest BCUT2D eigenvalue weighted by atomic mass is 19.2. The molecule has 0 bridgehead atoms. The van der Waals surface area contributed by atoms with Crippen LogP contribution in [-0.2, 0) is 0 Å². The summed E-state index contributed by atoms with van der Waals surface area (Å²) < 4.78 is 38.5. The molecule has 3 heterocycles.